The summed E-state index contributed by atoms with van der Waals surface area (Å²) in [6, 6.07) is 7.80. The van der Waals surface area contributed by atoms with E-state index in [0.29, 0.717) is 6.54 Å². The van der Waals surface area contributed by atoms with Crippen LogP contribution in [0.25, 0.3) is 0 Å². The molecule has 2 rings (SSSR count). The maximum atomic E-state index is 11.7. The lowest BCUT2D eigenvalue weighted by Gasteiger charge is -2.32. The molecule has 0 atom stereocenters. The predicted molar refractivity (Wildman–Crippen MR) is 85.9 cm³/mol. The normalized spacial score (nSPS) is 19.6. The van der Waals surface area contributed by atoms with Crippen LogP contribution in [0.5, 0.6) is 0 Å². The number of hydrogen-bond donors (Lipinski definition) is 0. The van der Waals surface area contributed by atoms with Crippen LogP contribution in [-0.2, 0) is 14.1 Å². The Morgan fingerprint density at radius 1 is 1.19 bits per heavy atom. The van der Waals surface area contributed by atoms with E-state index >= 15 is 0 Å². The average molecular weight is 289 g/mol. The SMILES string of the molecule is CCN(C(C)=O)c1cccc(B2OC(C)(C)C(C)(C)O2)c1. The molecule has 21 heavy (non-hydrogen) atoms. The van der Waals surface area contributed by atoms with E-state index in [4.69, 9.17) is 9.31 Å². The molecule has 1 amide bonds. The number of hydrogen-bond acceptors (Lipinski definition) is 3. The largest absolute Gasteiger partial charge is 0.494 e. The van der Waals surface area contributed by atoms with E-state index in [2.05, 4.69) is 0 Å². The van der Waals surface area contributed by atoms with Crippen LogP contribution >= 0.6 is 0 Å². The van der Waals surface area contributed by atoms with E-state index < -0.39 is 7.12 Å². The molecule has 114 valence electrons. The summed E-state index contributed by atoms with van der Waals surface area (Å²) in [5.74, 6) is 0.0311. The van der Waals surface area contributed by atoms with Crippen molar-refractivity contribution < 1.29 is 14.1 Å². The molecule has 5 heteroatoms. The maximum Gasteiger partial charge on any atom is 0.494 e. The smallest absolute Gasteiger partial charge is 0.399 e. The van der Waals surface area contributed by atoms with Crippen molar-refractivity contribution in [3.63, 3.8) is 0 Å². The first-order chi connectivity index (χ1) is 9.68. The summed E-state index contributed by atoms with van der Waals surface area (Å²) in [5.41, 5.74) is 1.08. The summed E-state index contributed by atoms with van der Waals surface area (Å²) < 4.78 is 12.1. The molecule has 1 aliphatic heterocycles. The fourth-order valence-corrected chi connectivity index (χ4v) is 2.41. The maximum absolute atomic E-state index is 11.7. The topological polar surface area (TPSA) is 38.8 Å². The molecule has 0 aromatic heterocycles. The minimum absolute atomic E-state index is 0.0311. The second-order valence-electron chi connectivity index (χ2n) is 6.45. The van der Waals surface area contributed by atoms with Crippen LogP contribution in [0.2, 0.25) is 0 Å². The standard InChI is InChI=1S/C16H24BNO3/c1-7-18(12(2)19)14-10-8-9-13(11-14)17-20-15(3,4)16(5,6)21-17/h8-11H,7H2,1-6H3. The molecular formula is C16H24BNO3. The first-order valence-electron chi connectivity index (χ1n) is 7.41. The monoisotopic (exact) mass is 289 g/mol. The Morgan fingerprint density at radius 3 is 2.24 bits per heavy atom. The van der Waals surface area contributed by atoms with E-state index in [1.165, 1.54) is 0 Å². The van der Waals surface area contributed by atoms with Gasteiger partial charge in [0.05, 0.1) is 11.2 Å². The lowest BCUT2D eigenvalue weighted by atomic mass is 9.79. The van der Waals surface area contributed by atoms with Gasteiger partial charge in [0.2, 0.25) is 5.91 Å². The number of carbonyl (C=O) groups excluding carboxylic acids is 1. The molecule has 0 bridgehead atoms. The van der Waals surface area contributed by atoms with Crippen LogP contribution in [-0.4, -0.2) is 30.8 Å². The zero-order valence-electron chi connectivity index (χ0n) is 13.8. The Balaban J connectivity index is 2.29. The first kappa shape index (κ1) is 16.1. The van der Waals surface area contributed by atoms with Crippen molar-refractivity contribution in [2.75, 3.05) is 11.4 Å². The summed E-state index contributed by atoms with van der Waals surface area (Å²) in [6.45, 7) is 12.3. The minimum atomic E-state index is -0.402. The lowest BCUT2D eigenvalue weighted by Crippen LogP contribution is -2.41. The van der Waals surface area contributed by atoms with Crippen molar-refractivity contribution in [1.29, 1.82) is 0 Å². The van der Waals surface area contributed by atoms with Gasteiger partial charge in [-0.3, -0.25) is 4.79 Å². The highest BCUT2D eigenvalue weighted by Crippen LogP contribution is 2.36. The second-order valence-corrected chi connectivity index (χ2v) is 6.45. The van der Waals surface area contributed by atoms with Crippen molar-refractivity contribution in [3.8, 4) is 0 Å². The van der Waals surface area contributed by atoms with Gasteiger partial charge in [0.15, 0.2) is 0 Å². The summed E-state index contributed by atoms with van der Waals surface area (Å²) in [6.07, 6.45) is 0. The first-order valence-corrected chi connectivity index (χ1v) is 7.41. The molecule has 0 aliphatic carbocycles. The average Bonchev–Trinajstić information content (AvgIpc) is 2.59. The van der Waals surface area contributed by atoms with Crippen LogP contribution in [0.1, 0.15) is 41.5 Å². The molecule has 1 aromatic carbocycles. The molecule has 0 unspecified atom stereocenters. The third-order valence-corrected chi connectivity index (χ3v) is 4.40. The number of anilines is 1. The van der Waals surface area contributed by atoms with Gasteiger partial charge in [0, 0.05) is 19.2 Å². The van der Waals surface area contributed by atoms with Gasteiger partial charge in [-0.1, -0.05) is 12.1 Å². The van der Waals surface area contributed by atoms with Crippen molar-refractivity contribution in [2.24, 2.45) is 0 Å². The van der Waals surface area contributed by atoms with Gasteiger partial charge in [0.25, 0.3) is 0 Å². The van der Waals surface area contributed by atoms with E-state index in [1.54, 1.807) is 11.8 Å². The minimum Gasteiger partial charge on any atom is -0.399 e. The highest BCUT2D eigenvalue weighted by molar-refractivity contribution is 6.62. The third-order valence-electron chi connectivity index (χ3n) is 4.40. The number of amides is 1. The van der Waals surface area contributed by atoms with E-state index in [1.807, 2.05) is 58.9 Å². The van der Waals surface area contributed by atoms with E-state index in [9.17, 15) is 4.79 Å². The van der Waals surface area contributed by atoms with Gasteiger partial charge in [-0.2, -0.15) is 0 Å². The molecule has 1 heterocycles. The van der Waals surface area contributed by atoms with Gasteiger partial charge < -0.3 is 14.2 Å². The van der Waals surface area contributed by atoms with Crippen molar-refractivity contribution >= 4 is 24.2 Å². The van der Waals surface area contributed by atoms with Crippen molar-refractivity contribution in [2.45, 2.75) is 52.7 Å². The molecule has 1 aromatic rings. The molecule has 0 spiro atoms. The molecule has 1 aliphatic rings. The number of rotatable bonds is 3. The van der Waals surface area contributed by atoms with Gasteiger partial charge in [-0.25, -0.2) is 0 Å². The molecular weight excluding hydrogens is 265 g/mol. The van der Waals surface area contributed by atoms with Gasteiger partial charge in [-0.15, -0.1) is 0 Å². The highest BCUT2D eigenvalue weighted by Gasteiger charge is 2.51. The van der Waals surface area contributed by atoms with Crippen molar-refractivity contribution in [3.05, 3.63) is 24.3 Å². The number of carbonyl (C=O) groups is 1. The fourth-order valence-electron chi connectivity index (χ4n) is 2.41. The van der Waals surface area contributed by atoms with Crippen LogP contribution < -0.4 is 10.4 Å². The van der Waals surface area contributed by atoms with Gasteiger partial charge in [-0.05, 0) is 52.2 Å². The van der Waals surface area contributed by atoms with Crippen LogP contribution in [0.3, 0.4) is 0 Å². The van der Waals surface area contributed by atoms with Gasteiger partial charge in [0.1, 0.15) is 0 Å². The number of benzene rings is 1. The highest BCUT2D eigenvalue weighted by atomic mass is 16.7. The zero-order chi connectivity index (χ0) is 15.8. The van der Waals surface area contributed by atoms with E-state index in [0.717, 1.165) is 11.2 Å². The Bertz CT molecular complexity index is 526. The molecule has 4 nitrogen and oxygen atoms in total. The summed E-state index contributed by atoms with van der Waals surface area (Å²) >= 11 is 0. The molecule has 0 N–H and O–H groups in total. The number of nitrogens with zero attached hydrogens (tertiary/aromatic N) is 1. The molecule has 1 fully saturated rings. The van der Waals surface area contributed by atoms with Crippen LogP contribution in [0.15, 0.2) is 24.3 Å². The Morgan fingerprint density at radius 2 is 1.76 bits per heavy atom. The molecule has 0 saturated carbocycles. The fraction of sp³-hybridized carbons (Fsp3) is 0.562. The quantitative estimate of drug-likeness (QED) is 0.802. The Hall–Kier alpha value is -1.33. The predicted octanol–water partition coefficient (Wildman–Crippen LogP) is 2.36. The zero-order valence-corrected chi connectivity index (χ0v) is 13.8. The molecule has 0 radical (unpaired) electrons. The van der Waals surface area contributed by atoms with Gasteiger partial charge >= 0.3 is 7.12 Å². The summed E-state index contributed by atoms with van der Waals surface area (Å²) in [7, 11) is -0.402. The Kier molecular flexibility index (Phi) is 4.18. The summed E-state index contributed by atoms with van der Waals surface area (Å²) in [5, 5.41) is 0. The van der Waals surface area contributed by atoms with Crippen molar-refractivity contribution in [1.82, 2.24) is 0 Å². The lowest BCUT2D eigenvalue weighted by molar-refractivity contribution is -0.116. The van der Waals surface area contributed by atoms with Crippen LogP contribution in [0, 0.1) is 0 Å². The van der Waals surface area contributed by atoms with Crippen LogP contribution in [0.4, 0.5) is 5.69 Å². The Labute approximate surface area is 127 Å². The van der Waals surface area contributed by atoms with E-state index in [-0.39, 0.29) is 17.1 Å². The molecule has 1 saturated heterocycles. The third kappa shape index (κ3) is 2.99. The summed E-state index contributed by atoms with van der Waals surface area (Å²) in [4.78, 5) is 13.4. The second kappa shape index (κ2) is 5.46.